The normalized spacial score (nSPS) is 15.3. The summed E-state index contributed by atoms with van der Waals surface area (Å²) >= 11 is 0. The molecule has 4 nitrogen and oxygen atoms in total. The predicted octanol–water partition coefficient (Wildman–Crippen LogP) is 0.705. The summed E-state index contributed by atoms with van der Waals surface area (Å²) in [5, 5.41) is 6.47. The van der Waals surface area contributed by atoms with Gasteiger partial charge in [0.2, 0.25) is 0 Å². The summed E-state index contributed by atoms with van der Waals surface area (Å²) in [5.74, 6) is 1.69. The van der Waals surface area contributed by atoms with E-state index in [2.05, 4.69) is 20.6 Å². The molecule has 2 N–H and O–H groups in total. The van der Waals surface area contributed by atoms with Gasteiger partial charge in [-0.2, -0.15) is 0 Å². The summed E-state index contributed by atoms with van der Waals surface area (Å²) in [7, 11) is 1.96. The molecule has 0 aliphatic heterocycles. The fraction of sp³-hybridized carbons (Fsp3) is 0.667. The van der Waals surface area contributed by atoms with Crippen LogP contribution in [0.3, 0.4) is 0 Å². The molecule has 0 spiro atoms. The highest BCUT2D eigenvalue weighted by atomic mass is 14.9. The van der Waals surface area contributed by atoms with Crippen molar-refractivity contribution in [2.75, 3.05) is 26.7 Å². The van der Waals surface area contributed by atoms with Gasteiger partial charge in [-0.15, -0.1) is 0 Å². The van der Waals surface area contributed by atoms with Crippen LogP contribution in [-0.2, 0) is 6.42 Å². The molecule has 1 aliphatic carbocycles. The van der Waals surface area contributed by atoms with Gasteiger partial charge in [0.1, 0.15) is 5.82 Å². The first-order valence-electron chi connectivity index (χ1n) is 6.06. The van der Waals surface area contributed by atoms with Gasteiger partial charge in [0, 0.05) is 31.4 Å². The molecule has 0 aromatic carbocycles. The summed E-state index contributed by atoms with van der Waals surface area (Å²) < 4.78 is 0. The van der Waals surface area contributed by atoms with Gasteiger partial charge in [0.15, 0.2) is 0 Å². The van der Waals surface area contributed by atoms with Crippen molar-refractivity contribution in [3.05, 3.63) is 23.8 Å². The Hall–Kier alpha value is -1.00. The van der Waals surface area contributed by atoms with E-state index in [0.29, 0.717) is 5.92 Å². The third-order valence-electron chi connectivity index (χ3n) is 2.81. The summed E-state index contributed by atoms with van der Waals surface area (Å²) in [4.78, 5) is 8.81. The zero-order valence-corrected chi connectivity index (χ0v) is 9.87. The van der Waals surface area contributed by atoms with Crippen LogP contribution in [0.1, 0.15) is 30.1 Å². The molecule has 4 heteroatoms. The van der Waals surface area contributed by atoms with Crippen LogP contribution in [0.25, 0.3) is 0 Å². The SMILES string of the molecule is CNCCNCCc1cnc(C2CC2)nc1. The van der Waals surface area contributed by atoms with Crippen LogP contribution in [0.15, 0.2) is 12.4 Å². The fourth-order valence-corrected chi connectivity index (χ4v) is 1.62. The minimum atomic E-state index is 0.655. The molecule has 1 saturated carbocycles. The molecule has 16 heavy (non-hydrogen) atoms. The van der Waals surface area contributed by atoms with E-state index in [-0.39, 0.29) is 0 Å². The third kappa shape index (κ3) is 3.54. The quantitative estimate of drug-likeness (QED) is 0.664. The summed E-state index contributed by atoms with van der Waals surface area (Å²) in [5.41, 5.74) is 1.22. The van der Waals surface area contributed by atoms with Gasteiger partial charge in [0.25, 0.3) is 0 Å². The van der Waals surface area contributed by atoms with Gasteiger partial charge in [0.05, 0.1) is 0 Å². The Kier molecular flexibility index (Phi) is 4.25. The second kappa shape index (κ2) is 5.92. The predicted molar refractivity (Wildman–Crippen MR) is 64.5 cm³/mol. The van der Waals surface area contributed by atoms with Gasteiger partial charge in [-0.05, 0) is 38.4 Å². The number of hydrogen-bond acceptors (Lipinski definition) is 4. The van der Waals surface area contributed by atoms with Gasteiger partial charge in [-0.3, -0.25) is 0 Å². The van der Waals surface area contributed by atoms with Crippen molar-refractivity contribution in [1.29, 1.82) is 0 Å². The van der Waals surface area contributed by atoms with Gasteiger partial charge in [-0.25, -0.2) is 9.97 Å². The van der Waals surface area contributed by atoms with Gasteiger partial charge in [-0.1, -0.05) is 0 Å². The number of likely N-dealkylation sites (N-methyl/N-ethyl adjacent to an activating group) is 1. The lowest BCUT2D eigenvalue weighted by molar-refractivity contribution is 0.647. The zero-order valence-electron chi connectivity index (χ0n) is 9.87. The maximum Gasteiger partial charge on any atom is 0.131 e. The van der Waals surface area contributed by atoms with Crippen LogP contribution in [-0.4, -0.2) is 36.6 Å². The Morgan fingerprint density at radius 1 is 1.19 bits per heavy atom. The largest absolute Gasteiger partial charge is 0.318 e. The van der Waals surface area contributed by atoms with Crippen molar-refractivity contribution in [3.63, 3.8) is 0 Å². The average molecular weight is 220 g/mol. The Bertz CT molecular complexity index is 305. The van der Waals surface area contributed by atoms with Crippen LogP contribution >= 0.6 is 0 Å². The molecule has 1 aromatic heterocycles. The Balaban J connectivity index is 1.68. The van der Waals surface area contributed by atoms with E-state index in [1.54, 1.807) is 0 Å². The lowest BCUT2D eigenvalue weighted by Crippen LogP contribution is -2.26. The number of nitrogens with one attached hydrogen (secondary N) is 2. The lowest BCUT2D eigenvalue weighted by Gasteiger charge is -2.04. The second-order valence-electron chi connectivity index (χ2n) is 4.33. The smallest absolute Gasteiger partial charge is 0.131 e. The van der Waals surface area contributed by atoms with Crippen LogP contribution < -0.4 is 10.6 Å². The van der Waals surface area contributed by atoms with E-state index >= 15 is 0 Å². The van der Waals surface area contributed by atoms with E-state index in [9.17, 15) is 0 Å². The summed E-state index contributed by atoms with van der Waals surface area (Å²) in [6, 6.07) is 0. The standard InChI is InChI=1S/C12H20N4/c1-13-6-7-14-5-4-10-8-15-12(16-9-10)11-2-3-11/h8-9,11,13-14H,2-7H2,1H3. The summed E-state index contributed by atoms with van der Waals surface area (Å²) in [6.45, 7) is 3.02. The van der Waals surface area contributed by atoms with Crippen LogP contribution in [0, 0.1) is 0 Å². The van der Waals surface area contributed by atoms with Crippen molar-refractivity contribution in [2.45, 2.75) is 25.2 Å². The Morgan fingerprint density at radius 2 is 1.94 bits per heavy atom. The zero-order chi connectivity index (χ0) is 11.2. The molecule has 88 valence electrons. The molecule has 1 aromatic rings. The van der Waals surface area contributed by atoms with Crippen molar-refractivity contribution >= 4 is 0 Å². The average Bonchev–Trinajstić information content (AvgIpc) is 3.14. The van der Waals surface area contributed by atoms with Gasteiger partial charge < -0.3 is 10.6 Å². The molecule has 1 heterocycles. The first kappa shape index (κ1) is 11.5. The molecule has 1 fully saturated rings. The van der Waals surface area contributed by atoms with Crippen molar-refractivity contribution in [3.8, 4) is 0 Å². The molecule has 0 bridgehead atoms. The van der Waals surface area contributed by atoms with Crippen LogP contribution in [0.4, 0.5) is 0 Å². The van der Waals surface area contributed by atoms with E-state index in [1.807, 2.05) is 19.4 Å². The Morgan fingerprint density at radius 3 is 2.56 bits per heavy atom. The molecule has 1 aliphatic rings. The summed E-state index contributed by atoms with van der Waals surface area (Å²) in [6.07, 6.45) is 7.49. The van der Waals surface area contributed by atoms with E-state index in [1.165, 1.54) is 18.4 Å². The fourth-order valence-electron chi connectivity index (χ4n) is 1.62. The van der Waals surface area contributed by atoms with Crippen molar-refractivity contribution in [1.82, 2.24) is 20.6 Å². The first-order valence-corrected chi connectivity index (χ1v) is 6.06. The molecule has 0 radical (unpaired) electrons. The minimum Gasteiger partial charge on any atom is -0.318 e. The molecular weight excluding hydrogens is 200 g/mol. The molecule has 0 saturated heterocycles. The lowest BCUT2D eigenvalue weighted by atomic mass is 10.2. The van der Waals surface area contributed by atoms with Crippen LogP contribution in [0.5, 0.6) is 0 Å². The Labute approximate surface area is 96.9 Å². The first-order chi connectivity index (χ1) is 7.90. The number of nitrogens with zero attached hydrogens (tertiary/aromatic N) is 2. The maximum atomic E-state index is 4.40. The van der Waals surface area contributed by atoms with Gasteiger partial charge >= 0.3 is 0 Å². The monoisotopic (exact) mass is 220 g/mol. The number of rotatable bonds is 7. The highest BCUT2D eigenvalue weighted by molar-refractivity contribution is 5.10. The number of hydrogen-bond donors (Lipinski definition) is 2. The molecule has 2 rings (SSSR count). The van der Waals surface area contributed by atoms with Crippen molar-refractivity contribution < 1.29 is 0 Å². The van der Waals surface area contributed by atoms with E-state index in [4.69, 9.17) is 0 Å². The highest BCUT2D eigenvalue weighted by Crippen LogP contribution is 2.37. The second-order valence-corrected chi connectivity index (χ2v) is 4.33. The topological polar surface area (TPSA) is 49.8 Å². The molecule has 0 atom stereocenters. The number of aromatic nitrogens is 2. The van der Waals surface area contributed by atoms with E-state index < -0.39 is 0 Å². The van der Waals surface area contributed by atoms with Crippen LogP contribution in [0.2, 0.25) is 0 Å². The molecular formula is C12H20N4. The third-order valence-corrected chi connectivity index (χ3v) is 2.81. The maximum absolute atomic E-state index is 4.40. The van der Waals surface area contributed by atoms with Crippen molar-refractivity contribution in [2.24, 2.45) is 0 Å². The highest BCUT2D eigenvalue weighted by Gasteiger charge is 2.25. The van der Waals surface area contributed by atoms with E-state index in [0.717, 1.165) is 31.9 Å². The minimum absolute atomic E-state index is 0.655. The molecule has 0 unspecified atom stereocenters. The molecule has 0 amide bonds.